The summed E-state index contributed by atoms with van der Waals surface area (Å²) in [5, 5.41) is 6.30. The van der Waals surface area contributed by atoms with E-state index >= 15 is 0 Å². The van der Waals surface area contributed by atoms with Crippen molar-refractivity contribution in [3.8, 4) is 5.75 Å². The summed E-state index contributed by atoms with van der Waals surface area (Å²) in [6.07, 6.45) is 1.45. The van der Waals surface area contributed by atoms with E-state index < -0.39 is 11.8 Å². The molecule has 29 heavy (non-hydrogen) atoms. The third-order valence-electron chi connectivity index (χ3n) is 3.82. The van der Waals surface area contributed by atoms with E-state index in [0.717, 1.165) is 21.3 Å². The van der Waals surface area contributed by atoms with Gasteiger partial charge in [-0.15, -0.1) is 0 Å². The molecule has 0 radical (unpaired) electrons. The topological polar surface area (TPSA) is 79.8 Å². The van der Waals surface area contributed by atoms with E-state index in [9.17, 15) is 9.59 Å². The summed E-state index contributed by atoms with van der Waals surface area (Å²) in [6, 6.07) is 24.0. The molecule has 0 saturated carbocycles. The molecule has 3 aromatic carbocycles. The smallest absolute Gasteiger partial charge is 0.329 e. The largest absolute Gasteiger partial charge is 0.489 e. The van der Waals surface area contributed by atoms with Gasteiger partial charge in [0.15, 0.2) is 0 Å². The van der Waals surface area contributed by atoms with Gasteiger partial charge in [-0.3, -0.25) is 9.59 Å². The molecule has 146 valence electrons. The van der Waals surface area contributed by atoms with Crippen LogP contribution in [0.25, 0.3) is 0 Å². The minimum Gasteiger partial charge on any atom is -0.489 e. The van der Waals surface area contributed by atoms with E-state index in [4.69, 9.17) is 4.74 Å². The van der Waals surface area contributed by atoms with Crippen LogP contribution in [0.3, 0.4) is 0 Å². The predicted molar refractivity (Wildman–Crippen MR) is 116 cm³/mol. The monoisotopic (exact) mass is 451 g/mol. The van der Waals surface area contributed by atoms with Crippen molar-refractivity contribution in [1.29, 1.82) is 0 Å². The Morgan fingerprint density at radius 1 is 0.897 bits per heavy atom. The maximum atomic E-state index is 11.8. The maximum Gasteiger partial charge on any atom is 0.329 e. The molecule has 0 aromatic heterocycles. The molecule has 3 aromatic rings. The molecule has 0 aliphatic heterocycles. The van der Waals surface area contributed by atoms with Crippen LogP contribution in [0, 0.1) is 0 Å². The summed E-state index contributed by atoms with van der Waals surface area (Å²) < 4.78 is 6.59. The highest BCUT2D eigenvalue weighted by atomic mass is 79.9. The number of anilines is 1. The van der Waals surface area contributed by atoms with Crippen LogP contribution in [0.1, 0.15) is 11.1 Å². The Kier molecular flexibility index (Phi) is 7.13. The van der Waals surface area contributed by atoms with Crippen molar-refractivity contribution in [3.63, 3.8) is 0 Å². The predicted octanol–water partition coefficient (Wildman–Crippen LogP) is 4.12. The Morgan fingerprint density at radius 3 is 2.28 bits per heavy atom. The van der Waals surface area contributed by atoms with Gasteiger partial charge < -0.3 is 10.1 Å². The zero-order chi connectivity index (χ0) is 20.5. The Hall–Kier alpha value is -3.45. The first-order valence-corrected chi connectivity index (χ1v) is 9.56. The Bertz CT molecular complexity index is 988. The molecule has 0 aliphatic rings. The van der Waals surface area contributed by atoms with E-state index in [-0.39, 0.29) is 0 Å². The number of hydrazone groups is 1. The van der Waals surface area contributed by atoms with E-state index in [0.29, 0.717) is 12.3 Å². The molecule has 0 aliphatic carbocycles. The van der Waals surface area contributed by atoms with Gasteiger partial charge in [-0.25, -0.2) is 5.43 Å². The molecule has 7 heteroatoms. The molecule has 0 atom stereocenters. The van der Waals surface area contributed by atoms with Crippen molar-refractivity contribution in [2.75, 3.05) is 5.32 Å². The van der Waals surface area contributed by atoms with Gasteiger partial charge in [0.1, 0.15) is 12.4 Å². The van der Waals surface area contributed by atoms with Crippen LogP contribution in [-0.4, -0.2) is 18.0 Å². The standard InChI is InChI=1S/C22H18BrN3O3/c23-18-8-10-19(11-9-18)25-21(27)22(28)26-24-14-16-6-12-20(13-7-16)29-15-17-4-2-1-3-5-17/h1-14H,15H2,(H,25,27)(H,26,28)/b24-14-. The number of carbonyl (C=O) groups is 2. The second-order valence-corrected chi connectivity index (χ2v) is 6.92. The average Bonchev–Trinajstić information content (AvgIpc) is 2.75. The maximum absolute atomic E-state index is 11.8. The van der Waals surface area contributed by atoms with Crippen LogP contribution in [0.5, 0.6) is 5.75 Å². The fourth-order valence-corrected chi connectivity index (χ4v) is 2.59. The van der Waals surface area contributed by atoms with Crippen LogP contribution in [-0.2, 0) is 16.2 Å². The number of nitrogens with zero attached hydrogens (tertiary/aromatic N) is 1. The van der Waals surface area contributed by atoms with Gasteiger partial charge in [-0.2, -0.15) is 5.10 Å². The molecule has 3 rings (SSSR count). The lowest BCUT2D eigenvalue weighted by molar-refractivity contribution is -0.136. The Labute approximate surface area is 176 Å². The van der Waals surface area contributed by atoms with Gasteiger partial charge in [0.05, 0.1) is 6.21 Å². The second kappa shape index (κ2) is 10.2. The van der Waals surface area contributed by atoms with Crippen LogP contribution in [0.15, 0.2) is 88.4 Å². The van der Waals surface area contributed by atoms with Crippen molar-refractivity contribution in [1.82, 2.24) is 5.43 Å². The van der Waals surface area contributed by atoms with Crippen molar-refractivity contribution in [2.45, 2.75) is 6.61 Å². The zero-order valence-corrected chi connectivity index (χ0v) is 16.9. The molecule has 0 fully saturated rings. The number of halogens is 1. The van der Waals surface area contributed by atoms with Gasteiger partial charge in [0.25, 0.3) is 0 Å². The number of rotatable bonds is 6. The van der Waals surface area contributed by atoms with Crippen molar-refractivity contribution in [3.05, 3.63) is 94.5 Å². The molecule has 6 nitrogen and oxygen atoms in total. The van der Waals surface area contributed by atoms with Gasteiger partial charge in [-0.1, -0.05) is 46.3 Å². The van der Waals surface area contributed by atoms with Gasteiger partial charge in [0.2, 0.25) is 0 Å². The fraction of sp³-hybridized carbons (Fsp3) is 0.0455. The normalized spacial score (nSPS) is 10.5. The number of amides is 2. The number of hydrogen-bond acceptors (Lipinski definition) is 4. The number of nitrogens with one attached hydrogen (secondary N) is 2. The summed E-state index contributed by atoms with van der Waals surface area (Å²) in [5.74, 6) is -0.926. The summed E-state index contributed by atoms with van der Waals surface area (Å²) >= 11 is 3.30. The highest BCUT2D eigenvalue weighted by Gasteiger charge is 2.12. The number of benzene rings is 3. The van der Waals surface area contributed by atoms with E-state index in [1.54, 1.807) is 36.4 Å². The molecule has 0 spiro atoms. The summed E-state index contributed by atoms with van der Waals surface area (Å²) in [6.45, 7) is 0.484. The quantitative estimate of drug-likeness (QED) is 0.336. The second-order valence-electron chi connectivity index (χ2n) is 6.00. The third kappa shape index (κ3) is 6.58. The Balaban J connectivity index is 1.46. The van der Waals surface area contributed by atoms with Crippen LogP contribution < -0.4 is 15.5 Å². The highest BCUT2D eigenvalue weighted by Crippen LogP contribution is 2.14. The number of ether oxygens (including phenoxy) is 1. The van der Waals surface area contributed by atoms with E-state index in [1.807, 2.05) is 42.5 Å². The molecular formula is C22H18BrN3O3. The van der Waals surface area contributed by atoms with Crippen LogP contribution in [0.2, 0.25) is 0 Å². The lowest BCUT2D eigenvalue weighted by atomic mass is 10.2. The molecule has 0 bridgehead atoms. The van der Waals surface area contributed by atoms with E-state index in [2.05, 4.69) is 31.8 Å². The van der Waals surface area contributed by atoms with Crippen molar-refractivity contribution in [2.24, 2.45) is 5.10 Å². The van der Waals surface area contributed by atoms with Gasteiger partial charge in [0, 0.05) is 10.2 Å². The Morgan fingerprint density at radius 2 is 1.59 bits per heavy atom. The first-order valence-electron chi connectivity index (χ1n) is 8.77. The first kappa shape index (κ1) is 20.3. The van der Waals surface area contributed by atoms with Crippen molar-refractivity contribution < 1.29 is 14.3 Å². The van der Waals surface area contributed by atoms with Crippen LogP contribution in [0.4, 0.5) is 5.69 Å². The van der Waals surface area contributed by atoms with Crippen LogP contribution >= 0.6 is 15.9 Å². The lowest BCUT2D eigenvalue weighted by Gasteiger charge is -2.06. The first-order chi connectivity index (χ1) is 14.1. The van der Waals surface area contributed by atoms with Crippen molar-refractivity contribution >= 4 is 39.6 Å². The molecular weight excluding hydrogens is 434 g/mol. The lowest BCUT2D eigenvalue weighted by Crippen LogP contribution is -2.32. The number of hydrogen-bond donors (Lipinski definition) is 2. The van der Waals surface area contributed by atoms with Gasteiger partial charge in [-0.05, 0) is 59.7 Å². The molecule has 0 saturated heterocycles. The minimum atomic E-state index is -0.855. The molecule has 0 heterocycles. The van der Waals surface area contributed by atoms with Gasteiger partial charge >= 0.3 is 11.8 Å². The highest BCUT2D eigenvalue weighted by molar-refractivity contribution is 9.10. The SMILES string of the molecule is O=C(N/N=C\c1ccc(OCc2ccccc2)cc1)C(=O)Nc1ccc(Br)cc1. The molecule has 0 unspecified atom stereocenters. The van der Waals surface area contributed by atoms with E-state index in [1.165, 1.54) is 6.21 Å². The summed E-state index contributed by atoms with van der Waals surface area (Å²) in [7, 11) is 0. The molecule has 2 N–H and O–H groups in total. The summed E-state index contributed by atoms with van der Waals surface area (Å²) in [5.41, 5.74) is 4.56. The third-order valence-corrected chi connectivity index (χ3v) is 4.35. The fourth-order valence-electron chi connectivity index (χ4n) is 2.33. The zero-order valence-electron chi connectivity index (χ0n) is 15.3. The average molecular weight is 452 g/mol. The summed E-state index contributed by atoms with van der Waals surface area (Å²) in [4.78, 5) is 23.7. The number of carbonyl (C=O) groups excluding carboxylic acids is 2. The minimum absolute atomic E-state index is 0.484. The molecule has 2 amide bonds.